The molecular weight excluding hydrogens is 312 g/mol. The van der Waals surface area contributed by atoms with Crippen LogP contribution in [0.25, 0.3) is 0 Å². The van der Waals surface area contributed by atoms with Crippen molar-refractivity contribution in [2.24, 2.45) is 0 Å². The first-order chi connectivity index (χ1) is 10.0. The molecule has 2 N–H and O–H groups in total. The lowest BCUT2D eigenvalue weighted by Gasteiger charge is -2.16. The predicted octanol–water partition coefficient (Wildman–Crippen LogP) is 1.62. The Balaban J connectivity index is 2.14. The topological polar surface area (TPSA) is 79.3 Å². The van der Waals surface area contributed by atoms with Crippen LogP contribution in [-0.4, -0.2) is 31.2 Å². The highest BCUT2D eigenvalue weighted by atomic mass is 35.5. The maximum Gasteiger partial charge on any atom is 0.241 e. The van der Waals surface area contributed by atoms with Crippen molar-refractivity contribution in [3.05, 3.63) is 59.4 Å². The number of nitrogens with one attached hydrogen (secondary N) is 1. The number of sulfonamides is 1. The van der Waals surface area contributed by atoms with E-state index in [0.717, 1.165) is 5.56 Å². The minimum Gasteiger partial charge on any atom is -0.395 e. The number of hydrogen-bond acceptors (Lipinski definition) is 4. The highest BCUT2D eigenvalue weighted by molar-refractivity contribution is 7.89. The molecule has 7 heteroatoms. The molecule has 2 aromatic rings. The zero-order valence-electron chi connectivity index (χ0n) is 11.1. The monoisotopic (exact) mass is 326 g/mol. The summed E-state index contributed by atoms with van der Waals surface area (Å²) in [6, 6.07) is 11.4. The highest BCUT2D eigenvalue weighted by Crippen LogP contribution is 2.14. The molecule has 0 aliphatic heterocycles. The Morgan fingerprint density at radius 3 is 2.57 bits per heavy atom. The van der Waals surface area contributed by atoms with Gasteiger partial charge in [0.25, 0.3) is 0 Å². The third-order valence-corrected chi connectivity index (χ3v) is 4.60. The zero-order valence-corrected chi connectivity index (χ0v) is 12.7. The van der Waals surface area contributed by atoms with Gasteiger partial charge in [-0.05, 0) is 24.1 Å². The summed E-state index contributed by atoms with van der Waals surface area (Å²) in [6.07, 6.45) is 1.72. The molecule has 5 nitrogen and oxygen atoms in total. The van der Waals surface area contributed by atoms with Crippen LogP contribution in [0, 0.1) is 0 Å². The lowest BCUT2D eigenvalue weighted by atomic mass is 10.1. The van der Waals surface area contributed by atoms with E-state index < -0.39 is 16.1 Å². The number of benzene rings is 1. The molecule has 0 spiro atoms. The van der Waals surface area contributed by atoms with Gasteiger partial charge in [0.15, 0.2) is 0 Å². The molecule has 0 bridgehead atoms. The summed E-state index contributed by atoms with van der Waals surface area (Å²) in [5.74, 6) is 0. The Morgan fingerprint density at radius 2 is 1.95 bits per heavy atom. The highest BCUT2D eigenvalue weighted by Gasteiger charge is 2.20. The fourth-order valence-electron chi connectivity index (χ4n) is 1.88. The number of hydrogen-bond donors (Lipinski definition) is 2. The molecule has 0 aliphatic carbocycles. The fraction of sp³-hybridized carbons (Fsp3) is 0.214. The molecule has 1 aromatic heterocycles. The van der Waals surface area contributed by atoms with Crippen LogP contribution in [0.4, 0.5) is 0 Å². The van der Waals surface area contributed by atoms with E-state index in [4.69, 9.17) is 11.6 Å². The summed E-state index contributed by atoms with van der Waals surface area (Å²) >= 11 is 5.70. The van der Waals surface area contributed by atoms with Crippen molar-refractivity contribution in [2.75, 3.05) is 6.61 Å². The lowest BCUT2D eigenvalue weighted by molar-refractivity contribution is 0.256. The zero-order chi connectivity index (χ0) is 15.3. The van der Waals surface area contributed by atoms with Crippen LogP contribution >= 0.6 is 11.6 Å². The molecule has 0 amide bonds. The average molecular weight is 327 g/mol. The van der Waals surface area contributed by atoms with Crippen LogP contribution < -0.4 is 4.72 Å². The van der Waals surface area contributed by atoms with Gasteiger partial charge >= 0.3 is 0 Å². The predicted molar refractivity (Wildman–Crippen MR) is 80.6 cm³/mol. The Morgan fingerprint density at radius 1 is 1.24 bits per heavy atom. The number of aromatic nitrogens is 1. The largest absolute Gasteiger partial charge is 0.395 e. The minimum absolute atomic E-state index is 0.0222. The van der Waals surface area contributed by atoms with Gasteiger partial charge in [-0.2, -0.15) is 0 Å². The summed E-state index contributed by atoms with van der Waals surface area (Å²) in [7, 11) is -3.75. The Kier molecular flexibility index (Phi) is 5.30. The first-order valence-corrected chi connectivity index (χ1v) is 8.16. The quantitative estimate of drug-likeness (QED) is 0.791. The number of pyridine rings is 1. The molecule has 0 aliphatic rings. The summed E-state index contributed by atoms with van der Waals surface area (Å²) in [5.41, 5.74) is 0.937. The third kappa shape index (κ3) is 4.50. The van der Waals surface area contributed by atoms with Gasteiger partial charge in [0, 0.05) is 12.2 Å². The van der Waals surface area contributed by atoms with Crippen LogP contribution in [0.2, 0.25) is 5.15 Å². The van der Waals surface area contributed by atoms with Crippen molar-refractivity contribution in [1.82, 2.24) is 9.71 Å². The van der Waals surface area contributed by atoms with Crippen molar-refractivity contribution in [2.45, 2.75) is 17.4 Å². The Hall–Kier alpha value is -1.47. The van der Waals surface area contributed by atoms with Gasteiger partial charge < -0.3 is 5.11 Å². The van der Waals surface area contributed by atoms with E-state index >= 15 is 0 Å². The Labute approximate surface area is 128 Å². The second-order valence-corrected chi connectivity index (χ2v) is 6.61. The molecule has 1 heterocycles. The smallest absolute Gasteiger partial charge is 0.241 e. The van der Waals surface area contributed by atoms with Crippen molar-refractivity contribution < 1.29 is 13.5 Å². The third-order valence-electron chi connectivity index (χ3n) is 2.88. The fourth-order valence-corrected chi connectivity index (χ4v) is 3.36. The first-order valence-electron chi connectivity index (χ1n) is 6.30. The van der Waals surface area contributed by atoms with Crippen molar-refractivity contribution in [3.8, 4) is 0 Å². The summed E-state index contributed by atoms with van der Waals surface area (Å²) < 4.78 is 26.9. The van der Waals surface area contributed by atoms with Crippen LogP contribution in [0.15, 0.2) is 53.6 Å². The summed E-state index contributed by atoms with van der Waals surface area (Å²) in [4.78, 5) is 3.77. The number of rotatable bonds is 6. The molecule has 2 rings (SSSR count). The van der Waals surface area contributed by atoms with E-state index in [-0.39, 0.29) is 16.7 Å². The molecular formula is C14H15ClN2O3S. The van der Waals surface area contributed by atoms with Gasteiger partial charge in [-0.1, -0.05) is 41.9 Å². The van der Waals surface area contributed by atoms with Crippen LogP contribution in [-0.2, 0) is 16.4 Å². The SMILES string of the molecule is O=S(=O)(NC(CO)Cc1ccccc1)c1ccnc(Cl)c1. The van der Waals surface area contributed by atoms with E-state index in [1.54, 1.807) is 0 Å². The maximum atomic E-state index is 12.2. The molecule has 0 fully saturated rings. The number of halogens is 1. The van der Waals surface area contributed by atoms with Crippen LogP contribution in [0.3, 0.4) is 0 Å². The second kappa shape index (κ2) is 7.00. The van der Waals surface area contributed by atoms with Gasteiger partial charge in [-0.25, -0.2) is 18.1 Å². The van der Waals surface area contributed by atoms with Gasteiger partial charge in [-0.3, -0.25) is 0 Å². The molecule has 0 radical (unpaired) electrons. The standard InChI is InChI=1S/C14H15ClN2O3S/c15-14-9-13(6-7-16-14)21(19,20)17-12(10-18)8-11-4-2-1-3-5-11/h1-7,9,12,17-18H,8,10H2. The van der Waals surface area contributed by atoms with Gasteiger partial charge in [0.1, 0.15) is 5.15 Å². The number of aliphatic hydroxyl groups excluding tert-OH is 1. The maximum absolute atomic E-state index is 12.2. The molecule has 112 valence electrons. The number of nitrogens with zero attached hydrogens (tertiary/aromatic N) is 1. The van der Waals surface area contributed by atoms with Crippen molar-refractivity contribution in [3.63, 3.8) is 0 Å². The van der Waals surface area contributed by atoms with E-state index in [1.807, 2.05) is 30.3 Å². The van der Waals surface area contributed by atoms with Crippen LogP contribution in [0.5, 0.6) is 0 Å². The van der Waals surface area contributed by atoms with Gasteiger partial charge in [0.05, 0.1) is 11.5 Å². The molecule has 1 aromatic carbocycles. The molecule has 1 unspecified atom stereocenters. The average Bonchev–Trinajstić information content (AvgIpc) is 2.47. The molecule has 0 saturated heterocycles. The van der Waals surface area contributed by atoms with Crippen LogP contribution in [0.1, 0.15) is 5.56 Å². The Bertz CT molecular complexity index is 692. The van der Waals surface area contributed by atoms with Gasteiger partial charge in [0.2, 0.25) is 10.0 Å². The number of aliphatic hydroxyl groups is 1. The molecule has 0 saturated carbocycles. The van der Waals surface area contributed by atoms with E-state index in [2.05, 4.69) is 9.71 Å². The molecule has 1 atom stereocenters. The van der Waals surface area contributed by atoms with E-state index in [1.165, 1.54) is 18.3 Å². The first kappa shape index (κ1) is 15.9. The second-order valence-electron chi connectivity index (χ2n) is 4.50. The van der Waals surface area contributed by atoms with Crippen molar-refractivity contribution in [1.29, 1.82) is 0 Å². The minimum atomic E-state index is -3.75. The van der Waals surface area contributed by atoms with E-state index in [9.17, 15) is 13.5 Å². The van der Waals surface area contributed by atoms with E-state index in [0.29, 0.717) is 6.42 Å². The lowest BCUT2D eigenvalue weighted by Crippen LogP contribution is -2.39. The summed E-state index contributed by atoms with van der Waals surface area (Å²) in [5, 5.41) is 9.49. The normalized spacial score (nSPS) is 13.0. The van der Waals surface area contributed by atoms with Gasteiger partial charge in [-0.15, -0.1) is 0 Å². The molecule has 21 heavy (non-hydrogen) atoms. The van der Waals surface area contributed by atoms with Crippen molar-refractivity contribution >= 4 is 21.6 Å². The summed E-state index contributed by atoms with van der Waals surface area (Å²) in [6.45, 7) is -0.299.